The molecule has 0 aliphatic rings. The Hall–Kier alpha value is -0.950. The Balaban J connectivity index is 3.41. The Morgan fingerprint density at radius 2 is 1.71 bits per heavy atom. The Morgan fingerprint density at radius 3 is 2.35 bits per heavy atom. The predicted octanol–water partition coefficient (Wildman–Crippen LogP) is -0.159. The maximum Gasteiger partial charge on any atom is 0.335 e. The normalized spacial score (nSPS) is 10.2. The highest BCUT2D eigenvalue weighted by Crippen LogP contribution is 1.97. The quantitative estimate of drug-likeness (QED) is 0.229. The van der Waals surface area contributed by atoms with Gasteiger partial charge < -0.3 is 24.4 Å². The fourth-order valence-corrected chi connectivity index (χ4v) is 0.840. The van der Waals surface area contributed by atoms with E-state index in [-0.39, 0.29) is 38.8 Å². The molecule has 6 nitrogen and oxygen atoms in total. The number of hydrogen-bond donors (Lipinski definition) is 2. The van der Waals surface area contributed by atoms with Crippen LogP contribution in [0.4, 0.5) is 0 Å². The molecule has 0 fully saturated rings. The van der Waals surface area contributed by atoms with Gasteiger partial charge in [0.1, 0.15) is 6.79 Å². The molecule has 0 unspecified atom stereocenters. The molecule has 0 aromatic heterocycles. The van der Waals surface area contributed by atoms with Gasteiger partial charge in [-0.1, -0.05) is 6.58 Å². The smallest absolute Gasteiger partial charge is 0.335 e. The zero-order valence-electron chi connectivity index (χ0n) is 9.89. The van der Waals surface area contributed by atoms with E-state index in [1.54, 1.807) is 0 Å². The first kappa shape index (κ1) is 16.1. The summed E-state index contributed by atoms with van der Waals surface area (Å²) in [6.07, 6.45) is 0.956. The van der Waals surface area contributed by atoms with Crippen LogP contribution in [0.25, 0.3) is 0 Å². The van der Waals surface area contributed by atoms with Crippen molar-refractivity contribution in [2.75, 3.05) is 39.8 Å². The second kappa shape index (κ2) is 11.5. The first-order valence-electron chi connectivity index (χ1n) is 5.44. The highest BCUT2D eigenvalue weighted by atomic mass is 16.7. The molecular weight excluding hydrogens is 228 g/mol. The number of aliphatic hydroxyl groups is 2. The van der Waals surface area contributed by atoms with Gasteiger partial charge in [0.15, 0.2) is 0 Å². The van der Waals surface area contributed by atoms with E-state index in [4.69, 9.17) is 24.4 Å². The van der Waals surface area contributed by atoms with E-state index in [9.17, 15) is 4.79 Å². The minimum atomic E-state index is -0.534. The molecule has 0 aliphatic heterocycles. The third-order valence-electron chi connectivity index (χ3n) is 1.71. The van der Waals surface area contributed by atoms with Gasteiger partial charge >= 0.3 is 5.97 Å². The highest BCUT2D eigenvalue weighted by molar-refractivity contribution is 5.87. The van der Waals surface area contributed by atoms with Crippen LogP contribution < -0.4 is 0 Å². The lowest BCUT2D eigenvalue weighted by Gasteiger charge is -2.07. The highest BCUT2D eigenvalue weighted by Gasteiger charge is 2.08. The van der Waals surface area contributed by atoms with Crippen molar-refractivity contribution in [2.24, 2.45) is 0 Å². The van der Waals surface area contributed by atoms with Gasteiger partial charge in [-0.15, -0.1) is 0 Å². The van der Waals surface area contributed by atoms with Gasteiger partial charge in [0.2, 0.25) is 0 Å². The van der Waals surface area contributed by atoms with Crippen molar-refractivity contribution in [2.45, 2.75) is 12.8 Å². The molecule has 0 amide bonds. The zero-order valence-corrected chi connectivity index (χ0v) is 9.89. The van der Waals surface area contributed by atoms with Gasteiger partial charge in [-0.2, -0.15) is 0 Å². The number of carbonyl (C=O) groups excluding carboxylic acids is 1. The van der Waals surface area contributed by atoms with E-state index >= 15 is 0 Å². The van der Waals surface area contributed by atoms with E-state index in [2.05, 4.69) is 6.58 Å². The Morgan fingerprint density at radius 1 is 1.06 bits per heavy atom. The summed E-state index contributed by atoms with van der Waals surface area (Å²) in [6, 6.07) is 0. The van der Waals surface area contributed by atoms with Crippen LogP contribution >= 0.6 is 0 Å². The second-order valence-corrected chi connectivity index (χ2v) is 3.27. The van der Waals surface area contributed by atoms with E-state index in [0.717, 1.165) is 0 Å². The van der Waals surface area contributed by atoms with Gasteiger partial charge in [0.25, 0.3) is 0 Å². The van der Waals surface area contributed by atoms with E-state index < -0.39 is 5.97 Å². The van der Waals surface area contributed by atoms with Crippen molar-refractivity contribution >= 4 is 5.97 Å². The van der Waals surface area contributed by atoms with E-state index in [0.29, 0.717) is 19.4 Å². The number of carbonyl (C=O) groups is 1. The summed E-state index contributed by atoms with van der Waals surface area (Å²) in [6.45, 7) is 4.22. The summed E-state index contributed by atoms with van der Waals surface area (Å²) >= 11 is 0. The molecule has 100 valence electrons. The van der Waals surface area contributed by atoms with Gasteiger partial charge in [0.05, 0.1) is 25.4 Å². The van der Waals surface area contributed by atoms with Crippen molar-refractivity contribution in [3.63, 3.8) is 0 Å². The summed E-state index contributed by atoms with van der Waals surface area (Å²) in [7, 11) is 0. The lowest BCUT2D eigenvalue weighted by molar-refractivity contribution is -0.140. The molecule has 0 aromatic rings. The SMILES string of the molecule is C=C(COCOCCCO)C(=O)OCCCO. The molecule has 0 spiro atoms. The minimum Gasteiger partial charge on any atom is -0.462 e. The van der Waals surface area contributed by atoms with Gasteiger partial charge in [0, 0.05) is 19.6 Å². The molecule has 2 N–H and O–H groups in total. The van der Waals surface area contributed by atoms with Crippen LogP contribution in [0.1, 0.15) is 12.8 Å². The first-order chi connectivity index (χ1) is 8.22. The molecule has 0 rings (SSSR count). The third kappa shape index (κ3) is 9.95. The zero-order chi connectivity index (χ0) is 12.9. The number of ether oxygens (including phenoxy) is 3. The lowest BCUT2D eigenvalue weighted by atomic mass is 10.3. The molecule has 0 heterocycles. The average molecular weight is 248 g/mol. The molecule has 0 aromatic carbocycles. The van der Waals surface area contributed by atoms with Gasteiger partial charge in [-0.25, -0.2) is 4.79 Å². The summed E-state index contributed by atoms with van der Waals surface area (Å²) < 4.78 is 14.8. The van der Waals surface area contributed by atoms with E-state index in [1.165, 1.54) is 0 Å². The van der Waals surface area contributed by atoms with Crippen LogP contribution in [0.15, 0.2) is 12.2 Å². The summed E-state index contributed by atoms with van der Waals surface area (Å²) in [5, 5.41) is 17.0. The molecule has 0 atom stereocenters. The molecule has 6 heteroatoms. The molecule has 0 saturated carbocycles. The van der Waals surface area contributed by atoms with Crippen molar-refractivity contribution in [3.8, 4) is 0 Å². The lowest BCUT2D eigenvalue weighted by Crippen LogP contribution is -2.14. The van der Waals surface area contributed by atoms with Crippen molar-refractivity contribution in [1.82, 2.24) is 0 Å². The maximum atomic E-state index is 11.2. The maximum absolute atomic E-state index is 11.2. The van der Waals surface area contributed by atoms with E-state index in [1.807, 2.05) is 0 Å². The van der Waals surface area contributed by atoms with Crippen LogP contribution in [-0.4, -0.2) is 56.0 Å². The van der Waals surface area contributed by atoms with Gasteiger partial charge in [-0.05, 0) is 6.42 Å². The van der Waals surface area contributed by atoms with Crippen molar-refractivity contribution < 1.29 is 29.2 Å². The van der Waals surface area contributed by atoms with Gasteiger partial charge in [-0.3, -0.25) is 0 Å². The van der Waals surface area contributed by atoms with Crippen LogP contribution in [0.5, 0.6) is 0 Å². The fourth-order valence-electron chi connectivity index (χ4n) is 0.840. The number of rotatable bonds is 11. The standard InChI is InChI=1S/C11H20O6/c1-10(11(14)17-7-3-5-13)8-16-9-15-6-2-4-12/h12-13H,1-9H2. The Bertz CT molecular complexity index is 216. The second-order valence-electron chi connectivity index (χ2n) is 3.27. The fraction of sp³-hybridized carbons (Fsp3) is 0.727. The topological polar surface area (TPSA) is 85.2 Å². The molecule has 0 aliphatic carbocycles. The number of aliphatic hydroxyl groups excluding tert-OH is 2. The number of hydrogen-bond acceptors (Lipinski definition) is 6. The molecule has 0 bridgehead atoms. The average Bonchev–Trinajstić information content (AvgIpc) is 2.33. The molecule has 17 heavy (non-hydrogen) atoms. The summed E-state index contributed by atoms with van der Waals surface area (Å²) in [5.41, 5.74) is 0.202. The van der Waals surface area contributed by atoms with Crippen molar-refractivity contribution in [1.29, 1.82) is 0 Å². The predicted molar refractivity (Wildman–Crippen MR) is 60.3 cm³/mol. The molecular formula is C11H20O6. The monoisotopic (exact) mass is 248 g/mol. The molecule has 0 saturated heterocycles. The summed E-state index contributed by atoms with van der Waals surface area (Å²) in [5.74, 6) is -0.534. The minimum absolute atomic E-state index is 0.0189. The van der Waals surface area contributed by atoms with Crippen LogP contribution in [-0.2, 0) is 19.0 Å². The Kier molecular flexibility index (Phi) is 10.9. The van der Waals surface area contributed by atoms with Crippen molar-refractivity contribution in [3.05, 3.63) is 12.2 Å². The third-order valence-corrected chi connectivity index (χ3v) is 1.71. The molecule has 0 radical (unpaired) electrons. The number of esters is 1. The first-order valence-corrected chi connectivity index (χ1v) is 5.44. The summed E-state index contributed by atoms with van der Waals surface area (Å²) in [4.78, 5) is 11.2. The van der Waals surface area contributed by atoms with Crippen LogP contribution in [0.3, 0.4) is 0 Å². The van der Waals surface area contributed by atoms with Crippen LogP contribution in [0, 0.1) is 0 Å². The van der Waals surface area contributed by atoms with Crippen LogP contribution in [0.2, 0.25) is 0 Å². The largest absolute Gasteiger partial charge is 0.462 e. The Labute approximate surface area is 101 Å².